The Morgan fingerprint density at radius 1 is 1.30 bits per heavy atom. The molecule has 0 bridgehead atoms. The standard InChI is InChI=1S/C15H15ClN2O4S/c1-2-9(15(21)22)18-11(19)7-17-14(20)13-12(16)8-5-3-4-6-10(8)23-13/h3-6,9H,2,7H2,1H3,(H,17,20)(H,18,19)(H,21,22). The van der Waals surface area contributed by atoms with E-state index in [1.54, 1.807) is 6.92 Å². The molecule has 23 heavy (non-hydrogen) atoms. The van der Waals surface area contributed by atoms with Gasteiger partial charge in [-0.05, 0) is 12.5 Å². The Kier molecular flexibility index (Phi) is 5.57. The number of hydrogen-bond donors (Lipinski definition) is 3. The van der Waals surface area contributed by atoms with Crippen molar-refractivity contribution in [1.82, 2.24) is 10.6 Å². The maximum absolute atomic E-state index is 12.1. The number of fused-ring (bicyclic) bond motifs is 1. The molecule has 8 heteroatoms. The number of aliphatic carboxylic acids is 1. The highest BCUT2D eigenvalue weighted by atomic mass is 35.5. The van der Waals surface area contributed by atoms with Gasteiger partial charge in [-0.2, -0.15) is 0 Å². The van der Waals surface area contributed by atoms with Gasteiger partial charge >= 0.3 is 5.97 Å². The largest absolute Gasteiger partial charge is 0.480 e. The van der Waals surface area contributed by atoms with Gasteiger partial charge < -0.3 is 15.7 Å². The minimum absolute atomic E-state index is 0.261. The van der Waals surface area contributed by atoms with E-state index >= 15 is 0 Å². The van der Waals surface area contributed by atoms with E-state index in [9.17, 15) is 14.4 Å². The number of rotatable bonds is 6. The van der Waals surface area contributed by atoms with Crippen molar-refractivity contribution < 1.29 is 19.5 Å². The molecule has 1 atom stereocenters. The monoisotopic (exact) mass is 354 g/mol. The van der Waals surface area contributed by atoms with E-state index < -0.39 is 23.8 Å². The topological polar surface area (TPSA) is 95.5 Å². The predicted molar refractivity (Wildman–Crippen MR) is 89.0 cm³/mol. The molecule has 6 nitrogen and oxygen atoms in total. The Bertz CT molecular complexity index is 759. The second kappa shape index (κ2) is 7.43. The Morgan fingerprint density at radius 2 is 2.00 bits per heavy atom. The van der Waals surface area contributed by atoms with Gasteiger partial charge in [-0.15, -0.1) is 11.3 Å². The van der Waals surface area contributed by atoms with Crippen LogP contribution in [-0.2, 0) is 9.59 Å². The third kappa shape index (κ3) is 4.00. The molecule has 2 aromatic rings. The summed E-state index contributed by atoms with van der Waals surface area (Å²) in [4.78, 5) is 35.0. The maximum atomic E-state index is 12.1. The van der Waals surface area contributed by atoms with Crippen molar-refractivity contribution in [2.75, 3.05) is 6.54 Å². The highest BCUT2D eigenvalue weighted by molar-refractivity contribution is 7.21. The average molecular weight is 355 g/mol. The van der Waals surface area contributed by atoms with E-state index in [1.165, 1.54) is 11.3 Å². The SMILES string of the molecule is CCC(NC(=O)CNC(=O)c1sc2ccccc2c1Cl)C(=O)O. The molecule has 1 aromatic carbocycles. The summed E-state index contributed by atoms with van der Waals surface area (Å²) in [6.45, 7) is 1.34. The van der Waals surface area contributed by atoms with Gasteiger partial charge in [0.25, 0.3) is 5.91 Å². The lowest BCUT2D eigenvalue weighted by atomic mass is 10.2. The molecular weight excluding hydrogens is 340 g/mol. The first-order valence-corrected chi connectivity index (χ1v) is 8.10. The summed E-state index contributed by atoms with van der Waals surface area (Å²) in [5.41, 5.74) is 0. The number of benzene rings is 1. The van der Waals surface area contributed by atoms with E-state index in [1.807, 2.05) is 24.3 Å². The summed E-state index contributed by atoms with van der Waals surface area (Å²) in [6, 6.07) is 6.38. The Labute approximate surface area is 141 Å². The quantitative estimate of drug-likeness (QED) is 0.741. The lowest BCUT2D eigenvalue weighted by Gasteiger charge is -2.12. The lowest BCUT2D eigenvalue weighted by Crippen LogP contribution is -2.45. The predicted octanol–water partition coefficient (Wildman–Crippen LogP) is 2.26. The normalized spacial score (nSPS) is 11.9. The first-order chi connectivity index (χ1) is 10.9. The second-order valence-electron chi connectivity index (χ2n) is 4.79. The molecule has 0 spiro atoms. The molecule has 0 aliphatic carbocycles. The Morgan fingerprint density at radius 3 is 2.61 bits per heavy atom. The zero-order valence-corrected chi connectivity index (χ0v) is 13.8. The minimum Gasteiger partial charge on any atom is -0.480 e. The van der Waals surface area contributed by atoms with Crippen LogP contribution < -0.4 is 10.6 Å². The van der Waals surface area contributed by atoms with Crippen molar-refractivity contribution in [1.29, 1.82) is 0 Å². The van der Waals surface area contributed by atoms with E-state index in [2.05, 4.69) is 10.6 Å². The van der Waals surface area contributed by atoms with Gasteiger partial charge in [-0.3, -0.25) is 9.59 Å². The Balaban J connectivity index is 2.00. The van der Waals surface area contributed by atoms with Gasteiger partial charge in [0.15, 0.2) is 0 Å². The van der Waals surface area contributed by atoms with Gasteiger partial charge in [-0.25, -0.2) is 4.79 Å². The smallest absolute Gasteiger partial charge is 0.326 e. The molecule has 2 rings (SSSR count). The molecule has 0 saturated heterocycles. The molecular formula is C15H15ClN2O4S. The number of carbonyl (C=O) groups is 3. The van der Waals surface area contributed by atoms with Gasteiger partial charge in [-0.1, -0.05) is 36.7 Å². The molecule has 1 aromatic heterocycles. The Hall–Kier alpha value is -2.12. The van der Waals surface area contributed by atoms with Gasteiger partial charge in [0, 0.05) is 10.1 Å². The third-order valence-corrected chi connectivity index (χ3v) is 4.87. The third-order valence-electron chi connectivity index (χ3n) is 3.19. The number of carboxylic acids is 1. The summed E-state index contributed by atoms with van der Waals surface area (Å²) >= 11 is 7.42. The molecule has 122 valence electrons. The van der Waals surface area contributed by atoms with Crippen LogP contribution in [0.15, 0.2) is 24.3 Å². The lowest BCUT2D eigenvalue weighted by molar-refractivity contribution is -0.141. The van der Waals surface area contributed by atoms with Crippen molar-refractivity contribution in [2.24, 2.45) is 0 Å². The van der Waals surface area contributed by atoms with Crippen LogP contribution in [0.1, 0.15) is 23.0 Å². The number of thiophene rings is 1. The van der Waals surface area contributed by atoms with Crippen molar-refractivity contribution in [2.45, 2.75) is 19.4 Å². The molecule has 1 heterocycles. The fourth-order valence-electron chi connectivity index (χ4n) is 1.98. The average Bonchev–Trinajstić information content (AvgIpc) is 2.87. The minimum atomic E-state index is -1.11. The zero-order chi connectivity index (χ0) is 17.0. The number of amides is 2. The van der Waals surface area contributed by atoms with Crippen LogP contribution in [0.5, 0.6) is 0 Å². The molecule has 1 unspecified atom stereocenters. The van der Waals surface area contributed by atoms with Crippen molar-refractivity contribution >= 4 is 50.8 Å². The van der Waals surface area contributed by atoms with Crippen molar-refractivity contribution in [3.8, 4) is 0 Å². The van der Waals surface area contributed by atoms with Crippen LogP contribution >= 0.6 is 22.9 Å². The van der Waals surface area contributed by atoms with Gasteiger partial charge in [0.05, 0.1) is 11.6 Å². The zero-order valence-electron chi connectivity index (χ0n) is 12.3. The first-order valence-electron chi connectivity index (χ1n) is 6.91. The fraction of sp³-hybridized carbons (Fsp3) is 0.267. The highest BCUT2D eigenvalue weighted by Gasteiger charge is 2.20. The maximum Gasteiger partial charge on any atom is 0.326 e. The van der Waals surface area contributed by atoms with Crippen molar-refractivity contribution in [3.05, 3.63) is 34.2 Å². The van der Waals surface area contributed by atoms with Gasteiger partial charge in [0.2, 0.25) is 5.91 Å². The van der Waals surface area contributed by atoms with Crippen LogP contribution in [0.4, 0.5) is 0 Å². The molecule has 2 amide bonds. The summed E-state index contributed by atoms with van der Waals surface area (Å²) in [7, 11) is 0. The van der Waals surface area contributed by atoms with Crippen LogP contribution in [-0.4, -0.2) is 35.5 Å². The van der Waals surface area contributed by atoms with E-state index in [0.29, 0.717) is 9.90 Å². The number of carbonyl (C=O) groups excluding carboxylic acids is 2. The molecule has 0 radical (unpaired) electrons. The van der Waals surface area contributed by atoms with Crippen LogP contribution in [0.25, 0.3) is 10.1 Å². The number of nitrogens with one attached hydrogen (secondary N) is 2. The second-order valence-corrected chi connectivity index (χ2v) is 6.22. The molecule has 0 aliphatic heterocycles. The van der Waals surface area contributed by atoms with Gasteiger partial charge in [0.1, 0.15) is 10.9 Å². The van der Waals surface area contributed by atoms with E-state index in [-0.39, 0.29) is 13.0 Å². The fourth-order valence-corrected chi connectivity index (χ4v) is 3.42. The number of carboxylic acid groups (broad SMARTS) is 1. The summed E-state index contributed by atoms with van der Waals surface area (Å²) in [5.74, 6) is -2.14. The van der Waals surface area contributed by atoms with Crippen LogP contribution in [0.3, 0.4) is 0 Å². The molecule has 0 aliphatic rings. The molecule has 3 N–H and O–H groups in total. The van der Waals surface area contributed by atoms with Crippen molar-refractivity contribution in [3.63, 3.8) is 0 Å². The highest BCUT2D eigenvalue weighted by Crippen LogP contribution is 2.34. The summed E-state index contributed by atoms with van der Waals surface area (Å²) in [5, 5.41) is 14.8. The van der Waals surface area contributed by atoms with Crippen LogP contribution in [0, 0.1) is 0 Å². The molecule has 0 fully saturated rings. The van der Waals surface area contributed by atoms with E-state index in [4.69, 9.17) is 16.7 Å². The number of halogens is 1. The molecule has 0 saturated carbocycles. The number of hydrogen-bond acceptors (Lipinski definition) is 4. The summed E-state index contributed by atoms with van der Waals surface area (Å²) in [6.07, 6.45) is 0.261. The van der Waals surface area contributed by atoms with Crippen LogP contribution in [0.2, 0.25) is 5.02 Å². The van der Waals surface area contributed by atoms with E-state index in [0.717, 1.165) is 10.1 Å². The first kappa shape index (κ1) is 17.2. The summed E-state index contributed by atoms with van der Waals surface area (Å²) < 4.78 is 0.879.